The highest BCUT2D eigenvalue weighted by Crippen LogP contribution is 2.21. The predicted octanol–water partition coefficient (Wildman–Crippen LogP) is 2.13. The number of hydrogen-bond donors (Lipinski definition) is 3. The average molecular weight is 321 g/mol. The van der Waals surface area contributed by atoms with E-state index in [0.717, 1.165) is 11.3 Å². The second kappa shape index (κ2) is 6.27. The minimum absolute atomic E-state index is 0.0135. The van der Waals surface area contributed by atoms with Gasteiger partial charge in [-0.15, -0.1) is 0 Å². The Labute approximate surface area is 128 Å². The molecular formula is C15H15NO5S. The van der Waals surface area contributed by atoms with Crippen LogP contribution in [-0.2, 0) is 10.1 Å². The van der Waals surface area contributed by atoms with Crippen molar-refractivity contribution in [2.45, 2.75) is 12.4 Å². The normalized spacial score (nSPS) is 12.7. The molecular weight excluding hydrogens is 306 g/mol. The third-order valence-corrected chi connectivity index (χ3v) is 3.88. The van der Waals surface area contributed by atoms with Gasteiger partial charge in [0.05, 0.1) is 0 Å². The molecule has 2 aromatic carbocycles. The Bertz CT molecular complexity index is 784. The molecule has 0 radical (unpaired) electrons. The lowest BCUT2D eigenvalue weighted by Gasteiger charge is -2.10. The number of aliphatic hydroxyl groups is 1. The van der Waals surface area contributed by atoms with Crippen LogP contribution >= 0.6 is 0 Å². The van der Waals surface area contributed by atoms with Crippen molar-refractivity contribution in [2.24, 2.45) is 0 Å². The number of benzene rings is 2. The van der Waals surface area contributed by atoms with Crippen molar-refractivity contribution < 1.29 is 22.9 Å². The van der Waals surface area contributed by atoms with Crippen LogP contribution in [0, 0.1) is 6.92 Å². The highest BCUT2D eigenvalue weighted by Gasteiger charge is 2.29. The second-order valence-electron chi connectivity index (χ2n) is 4.75. The van der Waals surface area contributed by atoms with Crippen LogP contribution in [0.3, 0.4) is 0 Å². The Kier molecular flexibility index (Phi) is 4.60. The fourth-order valence-corrected chi connectivity index (χ4v) is 2.27. The molecule has 0 bridgehead atoms. The summed E-state index contributed by atoms with van der Waals surface area (Å²) in [6.07, 6.45) is 0. The largest absolute Gasteiger partial charge is 0.369 e. The number of rotatable bonds is 5. The number of hydrogen-bond acceptors (Lipinski definition) is 5. The number of aryl methyl sites for hydroxylation is 1. The maximum atomic E-state index is 11.7. The molecule has 0 aliphatic rings. The van der Waals surface area contributed by atoms with E-state index in [4.69, 9.17) is 4.55 Å². The summed E-state index contributed by atoms with van der Waals surface area (Å²) in [5.41, 5.74) is 0.166. The fourth-order valence-electron chi connectivity index (χ4n) is 1.86. The van der Waals surface area contributed by atoms with Gasteiger partial charge in [-0.25, -0.2) is 0 Å². The molecule has 0 saturated heterocycles. The first-order chi connectivity index (χ1) is 10.3. The van der Waals surface area contributed by atoms with Crippen molar-refractivity contribution in [3.8, 4) is 0 Å². The van der Waals surface area contributed by atoms with E-state index in [2.05, 4.69) is 5.32 Å². The Morgan fingerprint density at radius 1 is 1.09 bits per heavy atom. The lowest BCUT2D eigenvalue weighted by molar-refractivity contribution is 0.0848. The first kappa shape index (κ1) is 16.2. The molecule has 0 amide bonds. The Morgan fingerprint density at radius 2 is 1.68 bits per heavy atom. The maximum absolute atomic E-state index is 11.7. The summed E-state index contributed by atoms with van der Waals surface area (Å²) < 4.78 is 30.2. The molecule has 0 saturated carbocycles. The van der Waals surface area contributed by atoms with E-state index >= 15 is 0 Å². The minimum atomic E-state index is -4.82. The van der Waals surface area contributed by atoms with E-state index in [-0.39, 0.29) is 5.56 Å². The average Bonchev–Trinajstić information content (AvgIpc) is 2.48. The first-order valence-corrected chi connectivity index (χ1v) is 7.90. The zero-order chi connectivity index (χ0) is 16.3. The van der Waals surface area contributed by atoms with E-state index < -0.39 is 21.3 Å². The second-order valence-corrected chi connectivity index (χ2v) is 6.23. The highest BCUT2D eigenvalue weighted by atomic mass is 32.2. The van der Waals surface area contributed by atoms with Crippen LogP contribution < -0.4 is 5.32 Å². The zero-order valence-corrected chi connectivity index (χ0v) is 12.5. The number of carbonyl (C=O) groups is 1. The number of Topliss-reactive ketones (excluding diaryl/α,β-unsaturated/α-hetero) is 1. The van der Waals surface area contributed by atoms with Gasteiger partial charge in [-0.1, -0.05) is 18.2 Å². The van der Waals surface area contributed by atoms with Crippen LogP contribution in [0.5, 0.6) is 0 Å². The van der Waals surface area contributed by atoms with E-state index in [1.807, 2.05) is 31.2 Å². The van der Waals surface area contributed by atoms with Crippen LogP contribution in [0.2, 0.25) is 0 Å². The summed E-state index contributed by atoms with van der Waals surface area (Å²) in [6, 6.07) is 13.6. The smallest absolute Gasteiger partial charge is 0.299 e. The molecule has 1 atom stereocenters. The van der Waals surface area contributed by atoms with Gasteiger partial charge >= 0.3 is 0 Å². The molecule has 7 heteroatoms. The molecule has 2 aromatic rings. The monoisotopic (exact) mass is 321 g/mol. The summed E-state index contributed by atoms with van der Waals surface area (Å²) >= 11 is 0. The van der Waals surface area contributed by atoms with Gasteiger partial charge in [-0.05, 0) is 42.8 Å². The molecule has 6 nitrogen and oxygen atoms in total. The lowest BCUT2D eigenvalue weighted by atomic mass is 10.1. The molecule has 0 aromatic heterocycles. The number of carbonyl (C=O) groups excluding carboxylic acids is 1. The van der Waals surface area contributed by atoms with Gasteiger partial charge in [0.2, 0.25) is 11.2 Å². The quantitative estimate of drug-likeness (QED) is 0.576. The molecule has 22 heavy (non-hydrogen) atoms. The third-order valence-electron chi connectivity index (χ3n) is 3.10. The van der Waals surface area contributed by atoms with E-state index in [9.17, 15) is 18.3 Å². The number of para-hydroxylation sites is 1. The van der Waals surface area contributed by atoms with Gasteiger partial charge in [-0.2, -0.15) is 8.42 Å². The van der Waals surface area contributed by atoms with E-state index in [1.54, 1.807) is 12.1 Å². The Balaban J connectivity index is 2.17. The molecule has 2 rings (SSSR count). The van der Waals surface area contributed by atoms with Gasteiger partial charge in [0.25, 0.3) is 10.1 Å². The summed E-state index contributed by atoms with van der Waals surface area (Å²) in [5.74, 6) is -1.08. The van der Waals surface area contributed by atoms with Gasteiger partial charge in [-0.3, -0.25) is 9.35 Å². The summed E-state index contributed by atoms with van der Waals surface area (Å²) in [4.78, 5) is 11.7. The standard InChI is InChI=1S/C15H15NO5S/c1-10-4-2-3-5-13(10)16-12-8-6-11(7-9-12)14(17)15(18)22(19,20)21/h2-9,15-16,18H,1H3,(H,19,20,21). The molecule has 0 aliphatic heterocycles. The van der Waals surface area contributed by atoms with E-state index in [1.165, 1.54) is 12.1 Å². The van der Waals surface area contributed by atoms with Crippen molar-refractivity contribution in [1.29, 1.82) is 0 Å². The molecule has 0 fully saturated rings. The van der Waals surface area contributed by atoms with Crippen molar-refractivity contribution in [2.75, 3.05) is 5.32 Å². The number of nitrogens with one attached hydrogen (secondary N) is 1. The van der Waals surface area contributed by atoms with Crippen molar-refractivity contribution >= 4 is 27.3 Å². The predicted molar refractivity (Wildman–Crippen MR) is 82.8 cm³/mol. The van der Waals surface area contributed by atoms with Crippen LogP contribution in [0.4, 0.5) is 11.4 Å². The van der Waals surface area contributed by atoms with Crippen LogP contribution in [0.25, 0.3) is 0 Å². The highest BCUT2D eigenvalue weighted by molar-refractivity contribution is 7.87. The number of aliphatic hydroxyl groups excluding tert-OH is 1. The van der Waals surface area contributed by atoms with Gasteiger partial charge < -0.3 is 10.4 Å². The van der Waals surface area contributed by atoms with Crippen molar-refractivity contribution in [3.63, 3.8) is 0 Å². The topological polar surface area (TPSA) is 104 Å². The van der Waals surface area contributed by atoms with Crippen molar-refractivity contribution in [3.05, 3.63) is 59.7 Å². The summed E-state index contributed by atoms with van der Waals surface area (Å²) in [6.45, 7) is 1.95. The number of anilines is 2. The molecule has 0 aliphatic carbocycles. The summed E-state index contributed by atoms with van der Waals surface area (Å²) in [5, 5.41) is 12.4. The lowest BCUT2D eigenvalue weighted by Crippen LogP contribution is -2.29. The van der Waals surface area contributed by atoms with Gasteiger partial charge in [0.1, 0.15) is 0 Å². The Morgan fingerprint density at radius 3 is 2.23 bits per heavy atom. The Hall–Kier alpha value is -2.22. The molecule has 1 unspecified atom stereocenters. The zero-order valence-electron chi connectivity index (χ0n) is 11.7. The first-order valence-electron chi connectivity index (χ1n) is 6.40. The fraction of sp³-hybridized carbons (Fsp3) is 0.133. The molecule has 0 heterocycles. The third kappa shape index (κ3) is 3.70. The maximum Gasteiger partial charge on any atom is 0.299 e. The van der Waals surface area contributed by atoms with E-state index in [0.29, 0.717) is 5.69 Å². The van der Waals surface area contributed by atoms with Crippen LogP contribution in [-0.4, -0.2) is 29.3 Å². The van der Waals surface area contributed by atoms with Crippen molar-refractivity contribution in [1.82, 2.24) is 0 Å². The number of ketones is 1. The van der Waals surface area contributed by atoms with Gasteiger partial charge in [0, 0.05) is 16.9 Å². The molecule has 0 spiro atoms. The van der Waals surface area contributed by atoms with Gasteiger partial charge in [0.15, 0.2) is 0 Å². The minimum Gasteiger partial charge on any atom is -0.369 e. The molecule has 116 valence electrons. The van der Waals surface area contributed by atoms with Crippen LogP contribution in [0.1, 0.15) is 15.9 Å². The molecule has 3 N–H and O–H groups in total. The SMILES string of the molecule is Cc1ccccc1Nc1ccc(C(=O)C(O)S(=O)(=O)O)cc1. The van der Waals surface area contributed by atoms with Crippen LogP contribution in [0.15, 0.2) is 48.5 Å². The summed E-state index contributed by atoms with van der Waals surface area (Å²) in [7, 11) is -4.82.